The summed E-state index contributed by atoms with van der Waals surface area (Å²) in [6.45, 7) is 3.87. The van der Waals surface area contributed by atoms with E-state index in [0.29, 0.717) is 5.57 Å². The Kier molecular flexibility index (Phi) is 1.89. The number of aromatic amines is 1. The third-order valence-corrected chi connectivity index (χ3v) is 4.26. The summed E-state index contributed by atoms with van der Waals surface area (Å²) < 4.78 is 0. The van der Waals surface area contributed by atoms with E-state index in [1.165, 1.54) is 22.1 Å². The fraction of sp³-hybridized carbons (Fsp3) is 0.188. The van der Waals surface area contributed by atoms with Gasteiger partial charge >= 0.3 is 0 Å². The number of hydrogen-bond acceptors (Lipinski definition) is 1. The molecule has 94 valence electrons. The molecule has 1 N–H and O–H groups in total. The summed E-state index contributed by atoms with van der Waals surface area (Å²) in [5.74, 6) is 0.0277. The van der Waals surface area contributed by atoms with Crippen LogP contribution in [0, 0.1) is 0 Å². The Labute approximate surface area is 111 Å². The Morgan fingerprint density at radius 1 is 1.42 bits per heavy atom. The van der Waals surface area contributed by atoms with Crippen molar-refractivity contribution in [2.24, 2.45) is 0 Å². The van der Waals surface area contributed by atoms with Crippen LogP contribution in [0.2, 0.25) is 0 Å². The number of fused-ring (bicyclic) bond motifs is 2. The lowest BCUT2D eigenvalue weighted by Crippen LogP contribution is -2.43. The maximum atomic E-state index is 12.0. The molecular weight excluding hydrogens is 236 g/mol. The van der Waals surface area contributed by atoms with E-state index in [9.17, 15) is 4.79 Å². The van der Waals surface area contributed by atoms with Gasteiger partial charge in [-0.15, -0.1) is 0 Å². The zero-order valence-electron chi connectivity index (χ0n) is 10.7. The van der Waals surface area contributed by atoms with Gasteiger partial charge in [-0.05, 0) is 35.3 Å². The van der Waals surface area contributed by atoms with Crippen molar-refractivity contribution in [2.45, 2.75) is 12.5 Å². The van der Waals surface area contributed by atoms with Crippen LogP contribution in [0.3, 0.4) is 0 Å². The van der Waals surface area contributed by atoms with E-state index >= 15 is 0 Å². The lowest BCUT2D eigenvalue weighted by atomic mass is 9.81. The minimum absolute atomic E-state index is 0.0277. The summed E-state index contributed by atoms with van der Waals surface area (Å²) in [4.78, 5) is 17.2. The second-order valence-corrected chi connectivity index (χ2v) is 5.30. The average Bonchev–Trinajstić information content (AvgIpc) is 2.83. The minimum atomic E-state index is 0.0277. The summed E-state index contributed by atoms with van der Waals surface area (Å²) in [6.07, 6.45) is 4.89. The van der Waals surface area contributed by atoms with E-state index in [2.05, 4.69) is 36.0 Å². The third-order valence-electron chi connectivity index (χ3n) is 4.26. The molecule has 1 unspecified atom stereocenters. The van der Waals surface area contributed by atoms with Crippen LogP contribution < -0.4 is 0 Å². The van der Waals surface area contributed by atoms with Gasteiger partial charge in [0.1, 0.15) is 0 Å². The third kappa shape index (κ3) is 1.24. The largest absolute Gasteiger partial charge is 0.361 e. The molecule has 1 aliphatic heterocycles. The van der Waals surface area contributed by atoms with E-state index in [-0.39, 0.29) is 11.9 Å². The number of aromatic nitrogens is 1. The molecular formula is C16H14N2O. The molecule has 1 aliphatic carbocycles. The molecule has 3 nitrogen and oxygen atoms in total. The number of carbonyl (C=O) groups is 1. The highest BCUT2D eigenvalue weighted by Crippen LogP contribution is 2.40. The van der Waals surface area contributed by atoms with Gasteiger partial charge in [0, 0.05) is 29.7 Å². The van der Waals surface area contributed by atoms with Crippen LogP contribution >= 0.6 is 0 Å². The van der Waals surface area contributed by atoms with Crippen LogP contribution in [-0.2, 0) is 11.2 Å². The quantitative estimate of drug-likeness (QED) is 0.716. The molecule has 1 amide bonds. The second-order valence-electron chi connectivity index (χ2n) is 5.30. The monoisotopic (exact) mass is 250 g/mol. The number of hydrogen-bond donors (Lipinski definition) is 1. The number of benzene rings is 1. The number of carbonyl (C=O) groups excluding carboxylic acids is 1. The van der Waals surface area contributed by atoms with Crippen molar-refractivity contribution in [1.29, 1.82) is 0 Å². The Balaban J connectivity index is 2.05. The van der Waals surface area contributed by atoms with Crippen LogP contribution in [-0.4, -0.2) is 28.9 Å². The van der Waals surface area contributed by atoms with E-state index in [1.54, 1.807) is 0 Å². The van der Waals surface area contributed by atoms with Crippen molar-refractivity contribution in [3.63, 3.8) is 0 Å². The van der Waals surface area contributed by atoms with E-state index < -0.39 is 0 Å². The van der Waals surface area contributed by atoms with Crippen LogP contribution in [0.1, 0.15) is 11.1 Å². The Morgan fingerprint density at radius 2 is 2.26 bits per heavy atom. The number of nitrogens with zero attached hydrogens (tertiary/aromatic N) is 1. The van der Waals surface area contributed by atoms with E-state index in [0.717, 1.165) is 11.9 Å². The van der Waals surface area contributed by atoms with Gasteiger partial charge in [0.05, 0.1) is 6.04 Å². The molecule has 0 saturated carbocycles. The molecule has 1 aromatic carbocycles. The molecule has 1 aromatic heterocycles. The topological polar surface area (TPSA) is 36.1 Å². The predicted molar refractivity (Wildman–Crippen MR) is 75.7 cm³/mol. The fourth-order valence-electron chi connectivity index (χ4n) is 3.29. The van der Waals surface area contributed by atoms with E-state index in [1.807, 2.05) is 18.0 Å². The van der Waals surface area contributed by atoms with Gasteiger partial charge in [-0.3, -0.25) is 4.79 Å². The molecule has 2 aliphatic rings. The highest BCUT2D eigenvalue weighted by Gasteiger charge is 2.34. The number of H-pyrrole nitrogens is 1. The van der Waals surface area contributed by atoms with Crippen molar-refractivity contribution >= 4 is 22.4 Å². The Hall–Kier alpha value is -2.29. The number of likely N-dealkylation sites (N-methyl/N-ethyl adjacent to an activating group) is 1. The summed E-state index contributed by atoms with van der Waals surface area (Å²) in [7, 11) is 1.86. The van der Waals surface area contributed by atoms with Crippen LogP contribution in [0.15, 0.2) is 42.6 Å². The van der Waals surface area contributed by atoms with Crippen molar-refractivity contribution in [1.82, 2.24) is 9.88 Å². The molecule has 0 fully saturated rings. The lowest BCUT2D eigenvalue weighted by Gasteiger charge is -2.37. The smallest absolute Gasteiger partial charge is 0.253 e. The zero-order chi connectivity index (χ0) is 13.1. The molecule has 2 aromatic rings. The zero-order valence-corrected chi connectivity index (χ0v) is 10.7. The van der Waals surface area contributed by atoms with Crippen LogP contribution in [0.4, 0.5) is 0 Å². The molecule has 0 radical (unpaired) electrons. The van der Waals surface area contributed by atoms with Gasteiger partial charge in [0.2, 0.25) is 0 Å². The molecule has 1 atom stereocenters. The SMILES string of the molecule is C=C1C=C2c3cccc4[nH]cc(c34)CC2N(C)C1=O. The van der Waals surface area contributed by atoms with Crippen LogP contribution in [0.5, 0.6) is 0 Å². The van der Waals surface area contributed by atoms with Gasteiger partial charge in [-0.1, -0.05) is 18.7 Å². The lowest BCUT2D eigenvalue weighted by molar-refractivity contribution is -0.126. The minimum Gasteiger partial charge on any atom is -0.361 e. The Morgan fingerprint density at radius 3 is 3.11 bits per heavy atom. The number of amides is 1. The summed E-state index contributed by atoms with van der Waals surface area (Å²) in [5.41, 5.74) is 5.47. The van der Waals surface area contributed by atoms with Gasteiger partial charge in [0.25, 0.3) is 5.91 Å². The number of rotatable bonds is 0. The highest BCUT2D eigenvalue weighted by molar-refractivity contribution is 6.06. The molecule has 4 rings (SSSR count). The van der Waals surface area contributed by atoms with Crippen LogP contribution in [0.25, 0.3) is 16.5 Å². The number of nitrogens with one attached hydrogen (secondary N) is 1. The molecule has 0 saturated heterocycles. The molecule has 2 heterocycles. The summed E-state index contributed by atoms with van der Waals surface area (Å²) >= 11 is 0. The average molecular weight is 250 g/mol. The fourth-order valence-corrected chi connectivity index (χ4v) is 3.29. The summed E-state index contributed by atoms with van der Waals surface area (Å²) in [6, 6.07) is 6.41. The van der Waals surface area contributed by atoms with Gasteiger partial charge in [0.15, 0.2) is 0 Å². The predicted octanol–water partition coefficient (Wildman–Crippen LogP) is 2.50. The first-order valence-electron chi connectivity index (χ1n) is 6.44. The first-order valence-corrected chi connectivity index (χ1v) is 6.44. The second kappa shape index (κ2) is 3.38. The van der Waals surface area contributed by atoms with Crippen molar-refractivity contribution < 1.29 is 4.79 Å². The maximum Gasteiger partial charge on any atom is 0.253 e. The normalized spacial score (nSPS) is 21.6. The van der Waals surface area contributed by atoms with Crippen molar-refractivity contribution in [3.8, 4) is 0 Å². The molecule has 3 heteroatoms. The first-order chi connectivity index (χ1) is 9.16. The molecule has 19 heavy (non-hydrogen) atoms. The first kappa shape index (κ1) is 10.6. The van der Waals surface area contributed by atoms with Crippen molar-refractivity contribution in [3.05, 3.63) is 53.8 Å². The Bertz CT molecular complexity index is 766. The van der Waals surface area contributed by atoms with Gasteiger partial charge in [-0.2, -0.15) is 0 Å². The highest BCUT2D eigenvalue weighted by atomic mass is 16.2. The standard InChI is InChI=1S/C16H14N2O/c1-9-6-12-11-4-3-5-13-15(11)10(8-17-13)7-14(12)18(2)16(9)19/h3-6,8,14,17H,1,7H2,2H3. The maximum absolute atomic E-state index is 12.0. The van der Waals surface area contributed by atoms with Gasteiger partial charge in [-0.25, -0.2) is 0 Å². The van der Waals surface area contributed by atoms with Gasteiger partial charge < -0.3 is 9.88 Å². The molecule has 0 spiro atoms. The van der Waals surface area contributed by atoms with Crippen molar-refractivity contribution in [2.75, 3.05) is 7.05 Å². The molecule has 0 bridgehead atoms. The summed E-state index contributed by atoms with van der Waals surface area (Å²) in [5, 5.41) is 1.29. The van der Waals surface area contributed by atoms with E-state index in [4.69, 9.17) is 0 Å².